The minimum atomic E-state index is 0.167. The molecule has 0 amide bonds. The fourth-order valence-corrected chi connectivity index (χ4v) is 4.33. The standard InChI is InChI=1S/C21H25.C7H7.C6H4Cl.C5H5.CH2.Zr/c1-20(2,3)16-7-9-18-14(12-16)11-15-13-17(21(4,5)6)8-10-19(15)18;1-7-5-3-2-4-6-7;7-6-4-2-1-3-5-6;1-2-4-5-3-1;;/h7-10,12H,11H2,1-6H3;3-6H,1H3;2-5H;1-3H,4H2;1H2;/q4*-1;;. The normalized spacial score (nSPS) is 12.1. The van der Waals surface area contributed by atoms with Gasteiger partial charge in [-0.2, -0.15) is 96.1 Å². The van der Waals surface area contributed by atoms with Crippen LogP contribution in [0.4, 0.5) is 0 Å². The number of rotatable bonds is 0. The maximum absolute atomic E-state index is 5.52. The maximum atomic E-state index is 5.52. The number of allylic oxidation sites excluding steroid dienone is 4. The Morgan fingerprint density at radius 2 is 1.36 bits per heavy atom. The molecule has 42 heavy (non-hydrogen) atoms. The summed E-state index contributed by atoms with van der Waals surface area (Å²) in [7, 11) is 0. The Balaban J connectivity index is 0.000000237. The SMILES string of the molecule is CC(C)(C)c1[c-]c2c(cc1)-c1ccc(C(C)(C)C)cc1C2.Cc1cc[c-]cc1.Clc1cc[c-]cc1.[C-]1=CC=CC1.[CH2]=[Zr]. The third-order valence-corrected chi connectivity index (χ3v) is 6.86. The zero-order chi connectivity index (χ0) is 31.2. The van der Waals surface area contributed by atoms with E-state index in [1.165, 1.54) is 63.2 Å². The molecule has 0 fully saturated rings. The molecule has 4 aromatic carbocycles. The van der Waals surface area contributed by atoms with Gasteiger partial charge in [0.15, 0.2) is 0 Å². The van der Waals surface area contributed by atoms with Crippen molar-refractivity contribution in [2.45, 2.75) is 72.1 Å². The first kappa shape index (κ1) is 35.6. The molecule has 218 valence electrons. The first-order chi connectivity index (χ1) is 19.9. The third-order valence-electron chi connectivity index (χ3n) is 6.61. The van der Waals surface area contributed by atoms with Crippen LogP contribution in [0.15, 0.2) is 97.1 Å². The minimum absolute atomic E-state index is 0.167. The molecule has 2 heteroatoms. The molecule has 0 atom stereocenters. The Bertz CT molecular complexity index is 1310. The summed E-state index contributed by atoms with van der Waals surface area (Å²) in [6.07, 6.45) is 11.0. The summed E-state index contributed by atoms with van der Waals surface area (Å²) >= 11 is 6.82. The molecule has 0 bridgehead atoms. The van der Waals surface area contributed by atoms with Crippen molar-refractivity contribution >= 4 is 15.8 Å². The van der Waals surface area contributed by atoms with Gasteiger partial charge in [-0.3, -0.25) is 6.08 Å². The van der Waals surface area contributed by atoms with Crippen LogP contribution in [-0.2, 0) is 41.5 Å². The number of hydrogen-bond acceptors (Lipinski definition) is 0. The second-order valence-corrected chi connectivity index (χ2v) is 12.5. The van der Waals surface area contributed by atoms with Crippen LogP contribution in [-0.4, -0.2) is 4.21 Å². The molecule has 0 aromatic heterocycles. The molecule has 2 aliphatic carbocycles. The Morgan fingerprint density at radius 1 is 0.762 bits per heavy atom. The van der Waals surface area contributed by atoms with Crippen molar-refractivity contribution < 1.29 is 24.2 Å². The van der Waals surface area contributed by atoms with Crippen molar-refractivity contribution in [1.29, 1.82) is 0 Å². The fourth-order valence-electron chi connectivity index (χ4n) is 4.20. The van der Waals surface area contributed by atoms with Crippen LogP contribution in [0.25, 0.3) is 11.1 Å². The Morgan fingerprint density at radius 3 is 1.76 bits per heavy atom. The number of aryl methyl sites for hydroxylation is 1. The van der Waals surface area contributed by atoms with Gasteiger partial charge in [0.2, 0.25) is 0 Å². The van der Waals surface area contributed by atoms with Crippen molar-refractivity contribution in [2.24, 2.45) is 0 Å². The summed E-state index contributed by atoms with van der Waals surface area (Å²) in [5.41, 5.74) is 10.00. The molecule has 0 aliphatic heterocycles. The van der Waals surface area contributed by atoms with Crippen LogP contribution >= 0.6 is 11.6 Å². The second-order valence-electron chi connectivity index (χ2n) is 12.1. The average molecular weight is 650 g/mol. The predicted octanol–water partition coefficient (Wildman–Crippen LogP) is 10.9. The van der Waals surface area contributed by atoms with E-state index in [4.69, 9.17) is 11.6 Å². The van der Waals surface area contributed by atoms with Crippen LogP contribution in [0.2, 0.25) is 5.02 Å². The Hall–Kier alpha value is -2.60. The van der Waals surface area contributed by atoms with Crippen LogP contribution < -0.4 is 0 Å². The van der Waals surface area contributed by atoms with Gasteiger partial charge < -0.3 is 0 Å². The summed E-state index contributed by atoms with van der Waals surface area (Å²) in [5.74, 6) is 0. The molecule has 0 saturated heterocycles. The summed E-state index contributed by atoms with van der Waals surface area (Å²) in [5, 5.41) is 0.763. The first-order valence-electron chi connectivity index (χ1n) is 14.3. The van der Waals surface area contributed by atoms with Crippen LogP contribution in [0.5, 0.6) is 0 Å². The number of fused-ring (bicyclic) bond motifs is 3. The van der Waals surface area contributed by atoms with E-state index in [1.807, 2.05) is 36.4 Å². The molecule has 0 heterocycles. The molecule has 0 unspecified atom stereocenters. The van der Waals surface area contributed by atoms with E-state index in [0.29, 0.717) is 0 Å². The van der Waals surface area contributed by atoms with Gasteiger partial charge in [-0.1, -0.05) is 77.3 Å². The molecule has 4 aromatic rings. The van der Waals surface area contributed by atoms with Crippen molar-refractivity contribution in [1.82, 2.24) is 0 Å². The van der Waals surface area contributed by atoms with E-state index in [0.717, 1.165) is 17.9 Å². The van der Waals surface area contributed by atoms with Crippen LogP contribution in [0.3, 0.4) is 0 Å². The van der Waals surface area contributed by atoms with Gasteiger partial charge in [0.1, 0.15) is 0 Å². The molecule has 0 spiro atoms. The molecule has 0 nitrogen and oxygen atoms in total. The number of benzene rings is 4. The molecule has 0 saturated carbocycles. The molecule has 0 radical (unpaired) electrons. The summed E-state index contributed by atoms with van der Waals surface area (Å²) in [6.45, 7) is 15.7. The first-order valence-corrected chi connectivity index (χ1v) is 16.4. The number of hydrogen-bond donors (Lipinski definition) is 0. The zero-order valence-electron chi connectivity index (χ0n) is 26.2. The van der Waals surface area contributed by atoms with E-state index in [1.54, 1.807) is 24.3 Å². The number of halogens is 1. The van der Waals surface area contributed by atoms with Crippen molar-refractivity contribution in [2.75, 3.05) is 0 Å². The third kappa shape index (κ3) is 12.0. The Kier molecular flexibility index (Phi) is 14.8. The predicted molar refractivity (Wildman–Crippen MR) is 180 cm³/mol. The molecule has 0 N–H and O–H groups in total. The van der Waals surface area contributed by atoms with E-state index in [2.05, 4.69) is 113 Å². The van der Waals surface area contributed by atoms with E-state index in [-0.39, 0.29) is 10.8 Å². The van der Waals surface area contributed by atoms with Crippen molar-refractivity contribution in [3.63, 3.8) is 0 Å². The van der Waals surface area contributed by atoms with Crippen LogP contribution in [0, 0.1) is 31.2 Å². The van der Waals surface area contributed by atoms with Gasteiger partial charge in [0.05, 0.1) is 0 Å². The van der Waals surface area contributed by atoms with Gasteiger partial charge >= 0.3 is 28.4 Å². The summed E-state index contributed by atoms with van der Waals surface area (Å²) < 4.78 is 3.34. The average Bonchev–Trinajstić information content (AvgIpc) is 3.66. The topological polar surface area (TPSA) is 0 Å². The molecular formula is C40H43ClZr-4. The van der Waals surface area contributed by atoms with Gasteiger partial charge in [0.25, 0.3) is 0 Å². The van der Waals surface area contributed by atoms with Gasteiger partial charge in [0, 0.05) is 0 Å². The van der Waals surface area contributed by atoms with E-state index < -0.39 is 0 Å². The van der Waals surface area contributed by atoms with Gasteiger partial charge in [-0.25, -0.2) is 12.2 Å². The second kappa shape index (κ2) is 17.5. The molecular weight excluding hydrogens is 607 g/mol. The van der Waals surface area contributed by atoms with Crippen LogP contribution in [0.1, 0.15) is 75.8 Å². The van der Waals surface area contributed by atoms with Gasteiger partial charge in [-0.15, -0.1) is 29.1 Å². The Labute approximate surface area is 275 Å². The van der Waals surface area contributed by atoms with E-state index >= 15 is 0 Å². The van der Waals surface area contributed by atoms with Crippen molar-refractivity contribution in [3.05, 3.63) is 154 Å². The van der Waals surface area contributed by atoms with E-state index in [9.17, 15) is 0 Å². The van der Waals surface area contributed by atoms with Gasteiger partial charge in [-0.05, 0) is 28.4 Å². The molecule has 2 aliphatic rings. The zero-order valence-corrected chi connectivity index (χ0v) is 29.5. The van der Waals surface area contributed by atoms with Crippen molar-refractivity contribution in [3.8, 4) is 11.1 Å². The monoisotopic (exact) mass is 648 g/mol. The summed E-state index contributed by atoms with van der Waals surface area (Å²) in [4.78, 5) is 0. The summed E-state index contributed by atoms with van der Waals surface area (Å²) in [6, 6.07) is 36.0. The fraction of sp³-hybridized carbons (Fsp3) is 0.275. The molecule has 6 rings (SSSR count). The quantitative estimate of drug-likeness (QED) is 0.146.